The van der Waals surface area contributed by atoms with Gasteiger partial charge < -0.3 is 5.73 Å². The van der Waals surface area contributed by atoms with E-state index in [1.54, 1.807) is 0 Å². The maximum atomic E-state index is 10.8. The second-order valence-corrected chi connectivity index (χ2v) is 8.72. The van der Waals surface area contributed by atoms with E-state index in [-0.39, 0.29) is 0 Å². The summed E-state index contributed by atoms with van der Waals surface area (Å²) in [6.45, 7) is 0.808. The summed E-state index contributed by atoms with van der Waals surface area (Å²) in [6.07, 6.45) is 10.9. The zero-order chi connectivity index (χ0) is 12.3. The Bertz CT molecular complexity index is 240. The molecular formula is C11H25NO2S2. The average molecular weight is 267 g/mol. The van der Waals surface area contributed by atoms with Crippen molar-refractivity contribution in [3.63, 3.8) is 0 Å². The number of nitrogens with two attached hydrogens (primary N) is 1. The predicted molar refractivity (Wildman–Crippen MR) is 73.3 cm³/mol. The van der Waals surface area contributed by atoms with Gasteiger partial charge in [0.1, 0.15) is 0 Å². The highest BCUT2D eigenvalue weighted by Crippen LogP contribution is 2.14. The van der Waals surface area contributed by atoms with Gasteiger partial charge in [-0.05, 0) is 30.2 Å². The zero-order valence-electron chi connectivity index (χ0n) is 10.3. The third-order valence-electron chi connectivity index (χ3n) is 2.40. The molecular weight excluding hydrogens is 242 g/mol. The fourth-order valence-electron chi connectivity index (χ4n) is 1.52. The van der Waals surface area contributed by atoms with Crippen LogP contribution in [0.4, 0.5) is 0 Å². The summed E-state index contributed by atoms with van der Waals surface area (Å²) in [5, 5.41) is 0. The molecule has 0 aliphatic heterocycles. The van der Waals surface area contributed by atoms with Gasteiger partial charge in [-0.2, -0.15) is 0 Å². The maximum Gasteiger partial charge on any atom is 0.198 e. The maximum absolute atomic E-state index is 10.8. The Morgan fingerprint density at radius 1 is 0.875 bits per heavy atom. The summed E-state index contributed by atoms with van der Waals surface area (Å²) in [6, 6.07) is 0. The minimum atomic E-state index is -2.83. The van der Waals surface area contributed by atoms with E-state index in [0.717, 1.165) is 42.4 Å². The van der Waals surface area contributed by atoms with Crippen LogP contribution in [0.1, 0.15) is 51.4 Å². The third-order valence-corrected chi connectivity index (χ3v) is 5.06. The standard InChI is InChI=1S/C11H25NO2S2/c1-16(13,14)15-11-9-7-5-3-2-4-6-8-10-12/h2-12H2,1H3. The lowest BCUT2D eigenvalue weighted by molar-refractivity contribution is 0.579. The van der Waals surface area contributed by atoms with E-state index in [9.17, 15) is 8.42 Å². The summed E-state index contributed by atoms with van der Waals surface area (Å²) < 4.78 is 21.6. The molecule has 0 radical (unpaired) electrons. The normalized spacial score (nSPS) is 11.9. The monoisotopic (exact) mass is 267 g/mol. The van der Waals surface area contributed by atoms with Crippen LogP contribution in [0.25, 0.3) is 0 Å². The van der Waals surface area contributed by atoms with Crippen LogP contribution in [0.2, 0.25) is 0 Å². The fraction of sp³-hybridized carbons (Fsp3) is 1.00. The lowest BCUT2D eigenvalue weighted by Gasteiger charge is -2.01. The highest BCUT2D eigenvalue weighted by atomic mass is 33.1. The molecule has 0 fully saturated rings. The Morgan fingerprint density at radius 3 is 1.75 bits per heavy atom. The molecule has 2 N–H and O–H groups in total. The molecule has 0 aromatic carbocycles. The van der Waals surface area contributed by atoms with Crippen molar-refractivity contribution >= 4 is 19.7 Å². The van der Waals surface area contributed by atoms with Crippen molar-refractivity contribution in [2.45, 2.75) is 51.4 Å². The van der Waals surface area contributed by atoms with Crippen LogP contribution >= 0.6 is 10.8 Å². The first-order chi connectivity index (χ1) is 7.56. The molecule has 0 aliphatic rings. The molecule has 0 aliphatic carbocycles. The quantitative estimate of drug-likeness (QED) is 0.462. The minimum Gasteiger partial charge on any atom is -0.330 e. The Morgan fingerprint density at radius 2 is 1.31 bits per heavy atom. The van der Waals surface area contributed by atoms with Crippen molar-refractivity contribution in [3.05, 3.63) is 0 Å². The van der Waals surface area contributed by atoms with Crippen molar-refractivity contribution in [1.82, 2.24) is 0 Å². The molecule has 0 rings (SSSR count). The van der Waals surface area contributed by atoms with E-state index >= 15 is 0 Å². The largest absolute Gasteiger partial charge is 0.330 e. The Balaban J connectivity index is 3.05. The molecule has 0 saturated heterocycles. The average Bonchev–Trinajstić information content (AvgIpc) is 2.19. The Hall–Kier alpha value is 0.260. The highest BCUT2D eigenvalue weighted by Gasteiger charge is 2.01. The van der Waals surface area contributed by atoms with E-state index in [1.165, 1.54) is 38.4 Å². The lowest BCUT2D eigenvalue weighted by Crippen LogP contribution is -1.97. The van der Waals surface area contributed by atoms with E-state index in [2.05, 4.69) is 0 Å². The van der Waals surface area contributed by atoms with Crippen LogP contribution in [-0.4, -0.2) is 27.0 Å². The summed E-state index contributed by atoms with van der Waals surface area (Å²) >= 11 is 0. The van der Waals surface area contributed by atoms with Gasteiger partial charge in [0.25, 0.3) is 0 Å². The smallest absolute Gasteiger partial charge is 0.198 e. The lowest BCUT2D eigenvalue weighted by atomic mass is 10.1. The van der Waals surface area contributed by atoms with Gasteiger partial charge >= 0.3 is 0 Å². The number of rotatable bonds is 11. The molecule has 0 atom stereocenters. The number of hydrogen-bond acceptors (Lipinski definition) is 4. The second-order valence-electron chi connectivity index (χ2n) is 4.14. The van der Waals surface area contributed by atoms with Gasteiger partial charge in [-0.15, -0.1) is 0 Å². The summed E-state index contributed by atoms with van der Waals surface area (Å²) in [5.41, 5.74) is 5.41. The van der Waals surface area contributed by atoms with Gasteiger partial charge in [0.05, 0.1) is 0 Å². The van der Waals surface area contributed by atoms with Crippen LogP contribution in [0, 0.1) is 0 Å². The topological polar surface area (TPSA) is 60.2 Å². The van der Waals surface area contributed by atoms with Gasteiger partial charge in [-0.1, -0.05) is 38.5 Å². The van der Waals surface area contributed by atoms with Crippen LogP contribution in [0.15, 0.2) is 0 Å². The van der Waals surface area contributed by atoms with Crippen molar-refractivity contribution < 1.29 is 8.42 Å². The first-order valence-electron chi connectivity index (χ1n) is 6.11. The van der Waals surface area contributed by atoms with E-state index in [4.69, 9.17) is 5.73 Å². The van der Waals surface area contributed by atoms with Crippen LogP contribution in [0.3, 0.4) is 0 Å². The number of hydrogen-bond donors (Lipinski definition) is 1. The fourth-order valence-corrected chi connectivity index (χ4v) is 3.40. The van der Waals surface area contributed by atoms with Gasteiger partial charge in [0.2, 0.25) is 0 Å². The molecule has 0 heterocycles. The Kier molecular flexibility index (Phi) is 10.6. The zero-order valence-corrected chi connectivity index (χ0v) is 11.9. The highest BCUT2D eigenvalue weighted by molar-refractivity contribution is 8.71. The van der Waals surface area contributed by atoms with Crippen molar-refractivity contribution in [2.75, 3.05) is 18.6 Å². The second kappa shape index (κ2) is 10.4. The molecule has 0 saturated carbocycles. The van der Waals surface area contributed by atoms with Crippen LogP contribution < -0.4 is 5.73 Å². The van der Waals surface area contributed by atoms with Gasteiger partial charge in [-0.25, -0.2) is 8.42 Å². The van der Waals surface area contributed by atoms with Crippen molar-refractivity contribution in [3.8, 4) is 0 Å². The molecule has 16 heavy (non-hydrogen) atoms. The van der Waals surface area contributed by atoms with Gasteiger partial charge in [0, 0.05) is 12.0 Å². The van der Waals surface area contributed by atoms with Gasteiger partial charge in [-0.3, -0.25) is 0 Å². The molecule has 0 amide bonds. The SMILES string of the molecule is CS(=O)(=O)SCCCCCCCCCCN. The minimum absolute atomic E-state index is 0.742. The molecule has 0 aromatic rings. The molecule has 3 nitrogen and oxygen atoms in total. The summed E-state index contributed by atoms with van der Waals surface area (Å²) in [7, 11) is -1.76. The summed E-state index contributed by atoms with van der Waals surface area (Å²) in [5.74, 6) is 0.742. The van der Waals surface area contributed by atoms with Crippen LogP contribution in [0.5, 0.6) is 0 Å². The number of unbranched alkanes of at least 4 members (excludes halogenated alkanes) is 7. The van der Waals surface area contributed by atoms with Crippen molar-refractivity contribution in [2.24, 2.45) is 5.73 Å². The van der Waals surface area contributed by atoms with Crippen LogP contribution in [-0.2, 0) is 8.87 Å². The first-order valence-corrected chi connectivity index (χ1v) is 9.50. The summed E-state index contributed by atoms with van der Waals surface area (Å²) in [4.78, 5) is 0. The van der Waals surface area contributed by atoms with Crippen molar-refractivity contribution in [1.29, 1.82) is 0 Å². The van der Waals surface area contributed by atoms with E-state index in [0.29, 0.717) is 0 Å². The molecule has 0 aromatic heterocycles. The third kappa shape index (κ3) is 14.3. The molecule has 0 bridgehead atoms. The van der Waals surface area contributed by atoms with Gasteiger partial charge in [0.15, 0.2) is 8.87 Å². The Labute approximate surface area is 104 Å². The first kappa shape index (κ1) is 16.3. The predicted octanol–water partition coefficient (Wildman–Crippen LogP) is 2.76. The molecule has 0 unspecified atom stereocenters. The molecule has 0 spiro atoms. The van der Waals surface area contributed by atoms with E-state index in [1.807, 2.05) is 0 Å². The van der Waals surface area contributed by atoms with E-state index < -0.39 is 8.87 Å². The molecule has 98 valence electrons. The molecule has 5 heteroatoms.